The number of hydrogen-bond acceptors (Lipinski definition) is 6. The van der Waals surface area contributed by atoms with Gasteiger partial charge in [-0.1, -0.05) is 12.1 Å². The average Bonchev–Trinajstić information content (AvgIpc) is 2.58. The highest BCUT2D eigenvalue weighted by atomic mass is 19.1. The van der Waals surface area contributed by atoms with Crippen molar-refractivity contribution in [1.29, 1.82) is 0 Å². The minimum atomic E-state index is -0.771. The number of benzene rings is 2. The van der Waals surface area contributed by atoms with E-state index < -0.39 is 22.2 Å². The Hall–Kier alpha value is -3.62. The molecule has 0 atom stereocenters. The summed E-state index contributed by atoms with van der Waals surface area (Å²) >= 11 is 0. The molecule has 132 valence electrons. The van der Waals surface area contributed by atoms with E-state index in [1.54, 1.807) is 18.2 Å². The molecule has 3 rings (SSSR count). The Morgan fingerprint density at radius 2 is 1.77 bits per heavy atom. The van der Waals surface area contributed by atoms with E-state index in [9.17, 15) is 18.9 Å². The van der Waals surface area contributed by atoms with Crippen LogP contribution in [-0.4, -0.2) is 14.9 Å². The van der Waals surface area contributed by atoms with E-state index in [0.717, 1.165) is 30.1 Å². The van der Waals surface area contributed by atoms with Crippen molar-refractivity contribution in [3.63, 3.8) is 0 Å². The van der Waals surface area contributed by atoms with Crippen LogP contribution < -0.4 is 10.6 Å². The summed E-state index contributed by atoms with van der Waals surface area (Å²) in [6, 6.07) is 9.90. The molecule has 0 fully saturated rings. The Labute approximate surface area is 146 Å². The Balaban J connectivity index is 2.01. The van der Waals surface area contributed by atoms with Gasteiger partial charge in [-0.05, 0) is 36.8 Å². The smallest absolute Gasteiger partial charge is 0.334 e. The van der Waals surface area contributed by atoms with Crippen LogP contribution in [0.25, 0.3) is 0 Å². The third-order valence-electron chi connectivity index (χ3n) is 3.47. The highest BCUT2D eigenvalue weighted by molar-refractivity contribution is 5.76. The molecular formula is C17H13F2N5O2. The molecule has 1 heterocycles. The summed E-state index contributed by atoms with van der Waals surface area (Å²) in [6.45, 7) is 1.87. The van der Waals surface area contributed by atoms with Gasteiger partial charge in [-0.25, -0.2) is 18.7 Å². The zero-order valence-electron chi connectivity index (χ0n) is 13.5. The van der Waals surface area contributed by atoms with Crippen molar-refractivity contribution >= 4 is 28.7 Å². The maximum absolute atomic E-state index is 13.8. The van der Waals surface area contributed by atoms with Crippen LogP contribution in [0.15, 0.2) is 48.8 Å². The molecule has 1 aromatic heterocycles. The van der Waals surface area contributed by atoms with Crippen LogP contribution >= 0.6 is 0 Å². The number of nitro groups is 1. The summed E-state index contributed by atoms with van der Waals surface area (Å²) in [5.41, 5.74) is 0.785. The van der Waals surface area contributed by atoms with Gasteiger partial charge in [0.1, 0.15) is 18.0 Å². The molecule has 0 unspecified atom stereocenters. The molecule has 0 aliphatic heterocycles. The van der Waals surface area contributed by atoms with Crippen LogP contribution in [0.2, 0.25) is 0 Å². The van der Waals surface area contributed by atoms with E-state index in [1.165, 1.54) is 0 Å². The minimum absolute atomic E-state index is 0.0742. The van der Waals surface area contributed by atoms with Crippen molar-refractivity contribution in [2.75, 3.05) is 10.6 Å². The van der Waals surface area contributed by atoms with Gasteiger partial charge in [0.25, 0.3) is 0 Å². The summed E-state index contributed by atoms with van der Waals surface area (Å²) < 4.78 is 27.1. The van der Waals surface area contributed by atoms with Gasteiger partial charge >= 0.3 is 5.69 Å². The lowest BCUT2D eigenvalue weighted by Crippen LogP contribution is -2.06. The molecule has 0 aliphatic carbocycles. The van der Waals surface area contributed by atoms with Crippen LogP contribution in [0.5, 0.6) is 0 Å². The number of rotatable bonds is 5. The monoisotopic (exact) mass is 357 g/mol. The van der Waals surface area contributed by atoms with Crippen molar-refractivity contribution in [2.24, 2.45) is 0 Å². The van der Waals surface area contributed by atoms with Crippen molar-refractivity contribution in [2.45, 2.75) is 6.92 Å². The Morgan fingerprint density at radius 1 is 1.04 bits per heavy atom. The predicted octanol–water partition coefficient (Wildman–Crippen LogP) is 4.46. The number of nitrogens with one attached hydrogen (secondary N) is 2. The van der Waals surface area contributed by atoms with Gasteiger partial charge in [0.05, 0.1) is 10.6 Å². The first-order chi connectivity index (χ1) is 12.4. The first kappa shape index (κ1) is 17.2. The molecule has 3 aromatic rings. The zero-order chi connectivity index (χ0) is 18.7. The average molecular weight is 357 g/mol. The topological polar surface area (TPSA) is 93.0 Å². The van der Waals surface area contributed by atoms with Crippen LogP contribution in [-0.2, 0) is 0 Å². The molecular weight excluding hydrogens is 344 g/mol. The van der Waals surface area contributed by atoms with Gasteiger partial charge in [0, 0.05) is 11.8 Å². The molecule has 7 nitrogen and oxygen atoms in total. The maximum Gasteiger partial charge on any atom is 0.353 e. The number of anilines is 4. The fraction of sp³-hybridized carbons (Fsp3) is 0.0588. The molecule has 0 aliphatic rings. The predicted molar refractivity (Wildman–Crippen MR) is 92.8 cm³/mol. The first-order valence-corrected chi connectivity index (χ1v) is 7.49. The Bertz CT molecular complexity index is 981. The number of hydrogen-bond donors (Lipinski definition) is 2. The second kappa shape index (κ2) is 7.09. The van der Waals surface area contributed by atoms with Gasteiger partial charge in [-0.3, -0.25) is 10.1 Å². The summed E-state index contributed by atoms with van der Waals surface area (Å²) in [5.74, 6) is -1.80. The lowest BCUT2D eigenvalue weighted by Gasteiger charge is -2.11. The van der Waals surface area contributed by atoms with Crippen LogP contribution in [0, 0.1) is 28.7 Å². The molecule has 0 spiro atoms. The number of aryl methyl sites for hydroxylation is 1. The van der Waals surface area contributed by atoms with E-state index in [1.807, 2.05) is 13.0 Å². The molecule has 0 amide bonds. The highest BCUT2D eigenvalue weighted by Crippen LogP contribution is 2.33. The summed E-state index contributed by atoms with van der Waals surface area (Å²) in [5, 5.41) is 16.8. The molecule has 0 radical (unpaired) electrons. The molecule has 0 saturated heterocycles. The number of nitrogens with zero attached hydrogens (tertiary/aromatic N) is 3. The van der Waals surface area contributed by atoms with Gasteiger partial charge in [-0.15, -0.1) is 0 Å². The van der Waals surface area contributed by atoms with Crippen LogP contribution in [0.3, 0.4) is 0 Å². The van der Waals surface area contributed by atoms with Gasteiger partial charge in [-0.2, -0.15) is 0 Å². The Morgan fingerprint density at radius 3 is 2.46 bits per heavy atom. The van der Waals surface area contributed by atoms with Crippen LogP contribution in [0.4, 0.5) is 37.5 Å². The standard InChI is InChI=1S/C17H13F2N5O2/c1-10-3-2-4-12(7-10)22-16-15(24(25)26)17(21-9-20-16)23-14-8-11(18)5-6-13(14)19/h2-9H,1H3,(H2,20,21,22,23). The SMILES string of the molecule is Cc1cccc(Nc2ncnc(Nc3cc(F)ccc3F)c2[N+](=O)[O-])c1. The van der Waals surface area contributed by atoms with Crippen molar-refractivity contribution in [1.82, 2.24) is 9.97 Å². The zero-order valence-corrected chi connectivity index (χ0v) is 13.5. The molecule has 2 aromatic carbocycles. The number of aromatic nitrogens is 2. The first-order valence-electron chi connectivity index (χ1n) is 7.49. The fourth-order valence-corrected chi connectivity index (χ4v) is 2.32. The Kier molecular flexibility index (Phi) is 4.70. The van der Waals surface area contributed by atoms with E-state index in [4.69, 9.17) is 0 Å². The highest BCUT2D eigenvalue weighted by Gasteiger charge is 2.24. The number of halogens is 2. The quantitative estimate of drug-likeness (QED) is 0.517. The minimum Gasteiger partial charge on any atom is -0.334 e. The van der Waals surface area contributed by atoms with E-state index >= 15 is 0 Å². The largest absolute Gasteiger partial charge is 0.353 e. The van der Waals surface area contributed by atoms with Gasteiger partial charge in [0.15, 0.2) is 0 Å². The van der Waals surface area contributed by atoms with E-state index in [0.29, 0.717) is 5.69 Å². The van der Waals surface area contributed by atoms with Gasteiger partial charge < -0.3 is 10.6 Å². The second-order valence-corrected chi connectivity index (χ2v) is 5.42. The van der Waals surface area contributed by atoms with Crippen molar-refractivity contribution in [3.05, 3.63) is 76.1 Å². The molecule has 0 bridgehead atoms. The molecule has 9 heteroatoms. The molecule has 26 heavy (non-hydrogen) atoms. The summed E-state index contributed by atoms with van der Waals surface area (Å²) in [6.07, 6.45) is 1.09. The molecule has 0 saturated carbocycles. The van der Waals surface area contributed by atoms with E-state index in [2.05, 4.69) is 20.6 Å². The molecule has 2 N–H and O–H groups in total. The van der Waals surface area contributed by atoms with E-state index in [-0.39, 0.29) is 17.3 Å². The second-order valence-electron chi connectivity index (χ2n) is 5.42. The fourth-order valence-electron chi connectivity index (χ4n) is 2.32. The maximum atomic E-state index is 13.8. The van der Waals surface area contributed by atoms with Crippen LogP contribution in [0.1, 0.15) is 5.56 Å². The summed E-state index contributed by atoms with van der Waals surface area (Å²) in [7, 11) is 0. The normalized spacial score (nSPS) is 10.4. The lowest BCUT2D eigenvalue weighted by atomic mass is 10.2. The van der Waals surface area contributed by atoms with Gasteiger partial charge in [0.2, 0.25) is 11.6 Å². The third-order valence-corrected chi connectivity index (χ3v) is 3.47. The lowest BCUT2D eigenvalue weighted by molar-refractivity contribution is -0.383. The van der Waals surface area contributed by atoms with Crippen molar-refractivity contribution in [3.8, 4) is 0 Å². The van der Waals surface area contributed by atoms with Crippen molar-refractivity contribution < 1.29 is 13.7 Å². The third kappa shape index (κ3) is 3.72. The summed E-state index contributed by atoms with van der Waals surface area (Å²) in [4.78, 5) is 18.5.